The molecule has 4 rings (SSSR count). The van der Waals surface area contributed by atoms with Gasteiger partial charge in [-0.3, -0.25) is 4.79 Å². The number of unbranched alkanes of at least 4 members (excludes halogenated alkanes) is 2. The number of hydrogen-bond donors (Lipinski definition) is 5. The molecular formula is C37H62N2O6. The van der Waals surface area contributed by atoms with Crippen molar-refractivity contribution >= 4 is 11.9 Å². The van der Waals surface area contributed by atoms with Crippen molar-refractivity contribution < 1.29 is 29.6 Å². The second-order valence-corrected chi connectivity index (χ2v) is 16.4. The Morgan fingerprint density at radius 2 is 1.73 bits per heavy atom. The molecule has 0 spiro atoms. The second kappa shape index (κ2) is 12.7. The Bertz CT molecular complexity index is 1210. The van der Waals surface area contributed by atoms with E-state index >= 15 is 0 Å². The molecule has 4 aliphatic carbocycles. The van der Waals surface area contributed by atoms with Crippen LogP contribution >= 0.6 is 0 Å². The average Bonchev–Trinajstić information content (AvgIpc) is 3.19. The lowest BCUT2D eigenvalue weighted by Crippen LogP contribution is -2.74. The van der Waals surface area contributed by atoms with E-state index in [1.165, 1.54) is 6.92 Å². The smallest absolute Gasteiger partial charge is 0.331 e. The maximum absolute atomic E-state index is 12.8. The molecule has 2 unspecified atom stereocenters. The highest BCUT2D eigenvalue weighted by Crippen LogP contribution is 2.75. The molecule has 256 valence electrons. The number of hydrogen-bond acceptors (Lipinski definition) is 7. The van der Waals surface area contributed by atoms with Crippen LogP contribution in [0, 0.1) is 39.9 Å². The summed E-state index contributed by atoms with van der Waals surface area (Å²) in [5.41, 5.74) is 12.3. The van der Waals surface area contributed by atoms with Gasteiger partial charge in [0.2, 0.25) is 0 Å². The van der Waals surface area contributed by atoms with Gasteiger partial charge in [0.05, 0.1) is 17.4 Å². The highest BCUT2D eigenvalue weighted by atomic mass is 16.5. The first-order chi connectivity index (χ1) is 20.8. The average molecular weight is 631 g/mol. The van der Waals surface area contributed by atoms with Crippen molar-refractivity contribution in [1.29, 1.82) is 0 Å². The van der Waals surface area contributed by atoms with E-state index in [0.29, 0.717) is 56.1 Å². The largest absolute Gasteiger partial charge is 0.478 e. The molecule has 0 bridgehead atoms. The number of fused-ring (bicyclic) bond motifs is 5. The van der Waals surface area contributed by atoms with E-state index < -0.39 is 35.4 Å². The Balaban J connectivity index is 1.75. The van der Waals surface area contributed by atoms with Crippen LogP contribution < -0.4 is 11.5 Å². The summed E-state index contributed by atoms with van der Waals surface area (Å²) in [5.74, 6) is -1.69. The Morgan fingerprint density at radius 1 is 1.07 bits per heavy atom. The van der Waals surface area contributed by atoms with Crippen molar-refractivity contribution in [3.05, 3.63) is 22.8 Å². The number of nitrogens with two attached hydrogens (primary N) is 2. The van der Waals surface area contributed by atoms with E-state index in [-0.39, 0.29) is 39.9 Å². The quantitative estimate of drug-likeness (QED) is 0.0625. The van der Waals surface area contributed by atoms with Gasteiger partial charge in [-0.25, -0.2) is 4.79 Å². The number of esters is 1. The number of aliphatic hydroxyl groups excluding tert-OH is 1. The van der Waals surface area contributed by atoms with Gasteiger partial charge in [-0.15, -0.1) is 0 Å². The molecule has 4 saturated carbocycles. The van der Waals surface area contributed by atoms with Crippen molar-refractivity contribution in [3.63, 3.8) is 0 Å². The third kappa shape index (κ3) is 5.84. The predicted molar refractivity (Wildman–Crippen MR) is 177 cm³/mol. The standard InChI is InChI=1S/C37H62N2O6/c1-9-10-11-16-37(38,39)36(44)19-18-33(6)26(23(36)4)15-17-34(7)31(33)28(41)20-27-30(25(32(42)43)14-12-13-22(2)3)29(45-24(5)40)21-35(27,34)8/h13,23,26-29,31,41,44H,9-12,14-21,38-39H2,1-8H3,(H,42,43)/t23-,26?,27+,28+,29-,31?,33-,34-,35-,36-/m0/s1. The maximum Gasteiger partial charge on any atom is 0.331 e. The van der Waals surface area contributed by atoms with Gasteiger partial charge in [0, 0.05) is 12.5 Å². The van der Waals surface area contributed by atoms with Gasteiger partial charge in [-0.1, -0.05) is 65.5 Å². The normalized spacial score (nSPS) is 42.2. The van der Waals surface area contributed by atoms with Crippen LogP contribution in [0.25, 0.3) is 0 Å². The van der Waals surface area contributed by atoms with Gasteiger partial charge in [0.25, 0.3) is 0 Å². The van der Waals surface area contributed by atoms with Crippen molar-refractivity contribution in [2.75, 3.05) is 0 Å². The number of rotatable bonds is 10. The molecule has 4 fully saturated rings. The minimum absolute atomic E-state index is 0.0710. The highest BCUT2D eigenvalue weighted by molar-refractivity contribution is 5.88. The molecule has 8 heteroatoms. The van der Waals surface area contributed by atoms with Crippen LogP contribution in [0.3, 0.4) is 0 Å². The van der Waals surface area contributed by atoms with Crippen LogP contribution in [-0.4, -0.2) is 50.7 Å². The molecule has 10 atom stereocenters. The zero-order valence-corrected chi connectivity index (χ0v) is 29.2. The lowest BCUT2D eigenvalue weighted by molar-refractivity contribution is -0.255. The number of carbonyl (C=O) groups is 2. The molecule has 0 heterocycles. The molecule has 0 radical (unpaired) electrons. The monoisotopic (exact) mass is 630 g/mol. The molecule has 0 aliphatic heterocycles. The third-order valence-electron chi connectivity index (χ3n) is 13.7. The SMILES string of the molecule is CCCCCC(N)(N)[C@]1(O)CC[C@@]2(C)C(CC[C@@]3(C)C2[C@H](O)C[C@@H]2C(=C(CCC=C(C)C)C(=O)O)[C@@H](OC(C)=O)C[C@@]23C)[C@@H]1C. The number of aliphatic carboxylic acids is 1. The summed E-state index contributed by atoms with van der Waals surface area (Å²) in [7, 11) is 0. The van der Waals surface area contributed by atoms with E-state index in [2.05, 4.69) is 34.6 Å². The number of carboxylic acids is 1. The van der Waals surface area contributed by atoms with Crippen LogP contribution in [0.4, 0.5) is 0 Å². The molecule has 0 aromatic carbocycles. The Morgan fingerprint density at radius 3 is 2.31 bits per heavy atom. The molecule has 45 heavy (non-hydrogen) atoms. The summed E-state index contributed by atoms with van der Waals surface area (Å²) in [6.45, 7) is 16.5. The summed E-state index contributed by atoms with van der Waals surface area (Å²) in [4.78, 5) is 25.2. The topological polar surface area (TPSA) is 156 Å². The van der Waals surface area contributed by atoms with E-state index in [1.54, 1.807) is 0 Å². The zero-order chi connectivity index (χ0) is 33.8. The minimum Gasteiger partial charge on any atom is -0.478 e. The van der Waals surface area contributed by atoms with Crippen LogP contribution in [0.5, 0.6) is 0 Å². The summed E-state index contributed by atoms with van der Waals surface area (Å²) in [5, 5.41) is 34.9. The summed E-state index contributed by atoms with van der Waals surface area (Å²) >= 11 is 0. The van der Waals surface area contributed by atoms with Crippen molar-refractivity contribution in [1.82, 2.24) is 0 Å². The van der Waals surface area contributed by atoms with Gasteiger partial charge in [-0.05, 0) is 117 Å². The van der Waals surface area contributed by atoms with Crippen LogP contribution in [0.15, 0.2) is 22.8 Å². The zero-order valence-electron chi connectivity index (χ0n) is 29.2. The fraction of sp³-hybridized carbons (Fsp3) is 0.838. The molecular weight excluding hydrogens is 568 g/mol. The van der Waals surface area contributed by atoms with Gasteiger partial charge in [0.15, 0.2) is 0 Å². The fourth-order valence-corrected chi connectivity index (χ4v) is 11.3. The van der Waals surface area contributed by atoms with Gasteiger partial charge < -0.3 is 31.5 Å². The fourth-order valence-electron chi connectivity index (χ4n) is 11.3. The first kappa shape index (κ1) is 36.1. The number of carboxylic acid groups (broad SMARTS) is 1. The van der Waals surface area contributed by atoms with Crippen molar-refractivity contribution in [2.24, 2.45) is 51.4 Å². The number of allylic oxidation sites excluding steroid dienone is 2. The Hall–Kier alpha value is -1.74. The van der Waals surface area contributed by atoms with Crippen LogP contribution in [0.2, 0.25) is 0 Å². The third-order valence-corrected chi connectivity index (χ3v) is 13.7. The number of ether oxygens (including phenoxy) is 1. The Labute approximate surface area is 271 Å². The van der Waals surface area contributed by atoms with Crippen LogP contribution in [-0.2, 0) is 14.3 Å². The first-order valence-electron chi connectivity index (χ1n) is 17.6. The van der Waals surface area contributed by atoms with Gasteiger partial charge in [-0.2, -0.15) is 0 Å². The highest BCUT2D eigenvalue weighted by Gasteiger charge is 2.72. The molecule has 0 aromatic heterocycles. The van der Waals surface area contributed by atoms with Crippen molar-refractivity contribution in [2.45, 2.75) is 156 Å². The number of aliphatic hydroxyl groups is 2. The van der Waals surface area contributed by atoms with E-state index in [9.17, 15) is 24.9 Å². The molecule has 8 nitrogen and oxygen atoms in total. The first-order valence-corrected chi connectivity index (χ1v) is 17.6. The number of carbonyl (C=O) groups excluding carboxylic acids is 1. The van der Waals surface area contributed by atoms with E-state index in [0.717, 1.165) is 37.7 Å². The second-order valence-electron chi connectivity index (χ2n) is 16.4. The Kier molecular flexibility index (Phi) is 10.2. The molecule has 4 aliphatic rings. The van der Waals surface area contributed by atoms with Crippen molar-refractivity contribution in [3.8, 4) is 0 Å². The molecule has 0 aromatic rings. The summed E-state index contributed by atoms with van der Waals surface area (Å²) < 4.78 is 5.94. The minimum atomic E-state index is -1.20. The molecule has 7 N–H and O–H groups in total. The van der Waals surface area contributed by atoms with Gasteiger partial charge in [0.1, 0.15) is 6.10 Å². The van der Waals surface area contributed by atoms with Crippen LogP contribution in [0.1, 0.15) is 132 Å². The van der Waals surface area contributed by atoms with E-state index in [4.69, 9.17) is 16.2 Å². The lowest BCUT2D eigenvalue weighted by Gasteiger charge is -2.70. The summed E-state index contributed by atoms with van der Waals surface area (Å²) in [6, 6.07) is 0. The van der Waals surface area contributed by atoms with Gasteiger partial charge >= 0.3 is 11.9 Å². The lowest BCUT2D eigenvalue weighted by atomic mass is 9.35. The molecule has 0 saturated heterocycles. The van der Waals surface area contributed by atoms with E-state index in [1.807, 2.05) is 19.9 Å². The molecule has 0 amide bonds. The predicted octanol–water partition coefficient (Wildman–Crippen LogP) is 6.23. The maximum atomic E-state index is 12.8. The summed E-state index contributed by atoms with van der Waals surface area (Å²) in [6.07, 6.45) is 9.06.